The molecule has 0 amide bonds. The van der Waals surface area contributed by atoms with Crippen LogP contribution in [-0.2, 0) is 42.7 Å². The minimum absolute atomic E-state index is 0.0526. The summed E-state index contributed by atoms with van der Waals surface area (Å²) in [4.78, 5) is 12.2. The summed E-state index contributed by atoms with van der Waals surface area (Å²) in [6.07, 6.45) is -17.0. The van der Waals surface area contributed by atoms with Crippen molar-refractivity contribution >= 4 is 5.97 Å². The van der Waals surface area contributed by atoms with E-state index in [9.17, 15) is 55.9 Å². The zero-order valence-electron chi connectivity index (χ0n) is 40.5. The van der Waals surface area contributed by atoms with E-state index in [1.54, 1.807) is 0 Å². The molecular formula is C48H80O19. The zero-order chi connectivity index (χ0) is 49.1. The number of fused-ring (bicyclic) bond motifs is 5. The van der Waals surface area contributed by atoms with Gasteiger partial charge in [-0.1, -0.05) is 34.6 Å². The summed E-state index contributed by atoms with van der Waals surface area (Å²) in [6, 6.07) is 0. The van der Waals surface area contributed by atoms with Crippen molar-refractivity contribution in [3.8, 4) is 0 Å². The molecule has 8 rings (SSSR count). The molecule has 67 heavy (non-hydrogen) atoms. The van der Waals surface area contributed by atoms with Gasteiger partial charge in [0.25, 0.3) is 0 Å². The normalized spacial score (nSPS) is 55.2. The van der Waals surface area contributed by atoms with Gasteiger partial charge in [-0.3, -0.25) is 4.79 Å². The van der Waals surface area contributed by atoms with Crippen molar-refractivity contribution in [2.24, 2.45) is 45.3 Å². The Kier molecular flexibility index (Phi) is 14.3. The van der Waals surface area contributed by atoms with Crippen molar-refractivity contribution in [1.29, 1.82) is 0 Å². The van der Waals surface area contributed by atoms with Crippen LogP contribution >= 0.6 is 0 Å². The SMILES string of the molecule is CC(=O)O[C@H]1C[C@@](C)([C@H]2CC[C@]3(C)[C@@H]2[C@H](O)C[C@@H]2[C@@]4(C)CC[C@H](O[C@@H]5O[C@H](CO[C@@H]6OC[C@@H](O)[C@H](O)[C@H]6O)[C@@H](O)[C@H](O)[C@H]5O[C@@H]5OC[C@@H](O)[C@H](O)[C@H]5O)C(C)(C)[C@H]4CC[C@]23C)OC(C)(C)[C@@H]1O. The van der Waals surface area contributed by atoms with Gasteiger partial charge in [0.1, 0.15) is 73.2 Å². The summed E-state index contributed by atoms with van der Waals surface area (Å²) >= 11 is 0. The van der Waals surface area contributed by atoms with E-state index in [0.29, 0.717) is 19.3 Å². The Morgan fingerprint density at radius 2 is 1.25 bits per heavy atom. The van der Waals surface area contributed by atoms with Gasteiger partial charge in [0.15, 0.2) is 18.9 Å². The van der Waals surface area contributed by atoms with Crippen LogP contribution in [0.25, 0.3) is 0 Å². The Bertz CT molecular complexity index is 1770. The van der Waals surface area contributed by atoms with Gasteiger partial charge in [0, 0.05) is 13.3 Å². The van der Waals surface area contributed by atoms with Crippen molar-refractivity contribution in [3.05, 3.63) is 0 Å². The number of ether oxygens (including phenoxy) is 8. The maximum absolute atomic E-state index is 12.6. The highest BCUT2D eigenvalue weighted by molar-refractivity contribution is 5.66. The van der Waals surface area contributed by atoms with Gasteiger partial charge >= 0.3 is 5.97 Å². The Labute approximate surface area is 393 Å². The van der Waals surface area contributed by atoms with Crippen molar-refractivity contribution in [3.63, 3.8) is 0 Å². The Balaban J connectivity index is 1.02. The lowest BCUT2D eigenvalue weighted by Crippen LogP contribution is -2.68. The van der Waals surface area contributed by atoms with Gasteiger partial charge in [0.05, 0.1) is 43.2 Å². The number of carbonyl (C=O) groups is 1. The second kappa shape index (κ2) is 18.4. The third-order valence-electron chi connectivity index (χ3n) is 19.2. The molecule has 4 heterocycles. The fraction of sp³-hybridized carbons (Fsp3) is 0.979. The molecule has 0 aromatic rings. The third kappa shape index (κ3) is 8.66. The molecule has 0 aromatic heterocycles. The molecule has 4 saturated carbocycles. The zero-order valence-corrected chi connectivity index (χ0v) is 40.5. The molecule has 25 atom stereocenters. The van der Waals surface area contributed by atoms with Crippen molar-refractivity contribution in [2.75, 3.05) is 19.8 Å². The van der Waals surface area contributed by atoms with Gasteiger partial charge in [-0.05, 0) is 111 Å². The Hall–Kier alpha value is -1.21. The van der Waals surface area contributed by atoms with Crippen LogP contribution in [0.5, 0.6) is 0 Å². The first kappa shape index (κ1) is 52.1. The number of esters is 1. The minimum Gasteiger partial charge on any atom is -0.460 e. The summed E-state index contributed by atoms with van der Waals surface area (Å²) in [5.41, 5.74) is -2.97. The maximum atomic E-state index is 12.6. The molecule has 8 fully saturated rings. The van der Waals surface area contributed by atoms with E-state index in [-0.39, 0.29) is 53.1 Å². The standard InChI is InChI=1S/C48H80O19/c1-21(49)63-26-17-48(9,67-44(4,5)39(26)59)22-10-14-47(8)31(22)23(50)16-29-45(6)13-12-30(43(2,3)28(45)11-15-46(29,47)7)65-42-38(66-41-37(58)33(54)25(52)19-61-41)35(56)34(55)27(64-42)20-62-40-36(57)32(53)24(51)18-60-40/h22-42,50-59H,10-20H2,1-9H3/t22-,23+,24+,25+,26-,27+,28+,29+,30-,31-,32-,33-,34+,35-,36+,37+,38+,39+,40-,41-,42-,45-,46+,47+,48-/m0/s1. The second-order valence-electron chi connectivity index (χ2n) is 23.7. The monoisotopic (exact) mass is 961 g/mol. The number of hydrogen-bond donors (Lipinski definition) is 10. The van der Waals surface area contributed by atoms with E-state index < -0.39 is 134 Å². The summed E-state index contributed by atoms with van der Waals surface area (Å²) < 4.78 is 48.5. The topological polar surface area (TPSA) is 293 Å². The van der Waals surface area contributed by atoms with Crippen molar-refractivity contribution < 1.29 is 93.8 Å². The lowest BCUT2D eigenvalue weighted by Gasteiger charge is -2.71. The molecule has 0 bridgehead atoms. The maximum Gasteiger partial charge on any atom is 0.302 e. The molecule has 4 aliphatic carbocycles. The van der Waals surface area contributed by atoms with E-state index in [2.05, 4.69) is 41.5 Å². The van der Waals surface area contributed by atoms with Crippen LogP contribution < -0.4 is 0 Å². The summed E-state index contributed by atoms with van der Waals surface area (Å²) in [7, 11) is 0. The second-order valence-corrected chi connectivity index (χ2v) is 23.7. The first-order chi connectivity index (χ1) is 31.1. The lowest BCUT2D eigenvalue weighted by molar-refractivity contribution is -0.375. The van der Waals surface area contributed by atoms with Crippen LogP contribution in [-0.4, -0.2) is 192 Å². The van der Waals surface area contributed by atoms with Crippen LogP contribution in [0.3, 0.4) is 0 Å². The molecule has 10 N–H and O–H groups in total. The van der Waals surface area contributed by atoms with Crippen molar-refractivity contribution in [1.82, 2.24) is 0 Å². The molecule has 0 radical (unpaired) electrons. The van der Waals surface area contributed by atoms with Crippen LogP contribution in [0.2, 0.25) is 0 Å². The van der Waals surface area contributed by atoms with E-state index in [4.69, 9.17) is 37.9 Å². The average molecular weight is 961 g/mol. The van der Waals surface area contributed by atoms with Gasteiger partial charge in [-0.25, -0.2) is 0 Å². The number of aliphatic hydroxyl groups excluding tert-OH is 10. The molecule has 0 spiro atoms. The number of rotatable bonds is 9. The van der Waals surface area contributed by atoms with Crippen molar-refractivity contribution in [2.45, 2.75) is 229 Å². The molecule has 8 aliphatic rings. The van der Waals surface area contributed by atoms with E-state index in [1.165, 1.54) is 6.92 Å². The highest BCUT2D eigenvalue weighted by atomic mass is 16.8. The smallest absolute Gasteiger partial charge is 0.302 e. The predicted octanol–water partition coefficient (Wildman–Crippen LogP) is 0.00420. The largest absolute Gasteiger partial charge is 0.460 e. The van der Waals surface area contributed by atoms with Crippen LogP contribution in [0, 0.1) is 45.3 Å². The minimum atomic E-state index is -1.72. The fourth-order valence-electron chi connectivity index (χ4n) is 15.5. The van der Waals surface area contributed by atoms with Crippen LogP contribution in [0.15, 0.2) is 0 Å². The van der Waals surface area contributed by atoms with E-state index in [1.807, 2.05) is 13.8 Å². The van der Waals surface area contributed by atoms with Gasteiger partial charge in [-0.15, -0.1) is 0 Å². The van der Waals surface area contributed by atoms with Gasteiger partial charge in [-0.2, -0.15) is 0 Å². The molecule has 386 valence electrons. The number of hydrogen-bond acceptors (Lipinski definition) is 19. The van der Waals surface area contributed by atoms with Crippen LogP contribution in [0.1, 0.15) is 114 Å². The highest BCUT2D eigenvalue weighted by Gasteiger charge is 2.72. The average Bonchev–Trinajstić information content (AvgIpc) is 3.63. The van der Waals surface area contributed by atoms with E-state index in [0.717, 1.165) is 32.1 Å². The van der Waals surface area contributed by atoms with E-state index >= 15 is 0 Å². The fourth-order valence-corrected chi connectivity index (χ4v) is 15.5. The molecular weight excluding hydrogens is 881 g/mol. The third-order valence-corrected chi connectivity index (χ3v) is 19.2. The number of carbonyl (C=O) groups excluding carboxylic acids is 1. The van der Waals surface area contributed by atoms with Crippen LogP contribution in [0.4, 0.5) is 0 Å². The molecule has 4 saturated heterocycles. The molecule has 4 aliphatic heterocycles. The first-order valence-corrected chi connectivity index (χ1v) is 24.6. The first-order valence-electron chi connectivity index (χ1n) is 24.6. The summed E-state index contributed by atoms with van der Waals surface area (Å²) in [5.74, 6) is -0.389. The summed E-state index contributed by atoms with van der Waals surface area (Å²) in [5, 5.41) is 109. The quantitative estimate of drug-likeness (QED) is 0.108. The predicted molar refractivity (Wildman–Crippen MR) is 232 cm³/mol. The summed E-state index contributed by atoms with van der Waals surface area (Å²) in [6.45, 7) is 17.4. The molecule has 19 heteroatoms. The van der Waals surface area contributed by atoms with Gasteiger partial charge < -0.3 is 89.0 Å². The van der Waals surface area contributed by atoms with Gasteiger partial charge in [0.2, 0.25) is 0 Å². The lowest BCUT2D eigenvalue weighted by atomic mass is 9.35. The number of aliphatic hydroxyl groups is 10. The highest BCUT2D eigenvalue weighted by Crippen LogP contribution is 2.76. The molecule has 0 aromatic carbocycles. The molecule has 19 nitrogen and oxygen atoms in total. The molecule has 0 unspecified atom stereocenters. The Morgan fingerprint density at radius 3 is 1.90 bits per heavy atom. The Morgan fingerprint density at radius 1 is 0.642 bits per heavy atom.